The van der Waals surface area contributed by atoms with Gasteiger partial charge in [-0.15, -0.1) is 10.2 Å². The van der Waals surface area contributed by atoms with Gasteiger partial charge in [0.2, 0.25) is 16.0 Å². The van der Waals surface area contributed by atoms with Gasteiger partial charge in [-0.3, -0.25) is 9.29 Å². The summed E-state index contributed by atoms with van der Waals surface area (Å²) < 4.78 is 91.4. The lowest BCUT2D eigenvalue weighted by Crippen LogP contribution is -2.35. The number of hydrogen-bond acceptors (Lipinski definition) is 11. The number of pyridine rings is 1. The number of methoxy groups -OCH3 is 1. The Hall–Kier alpha value is -3.28. The molecule has 3 aromatic rings. The molecule has 0 unspecified atom stereocenters. The molecule has 4 rings (SSSR count). The minimum absolute atomic E-state index is 0.00450. The summed E-state index contributed by atoms with van der Waals surface area (Å²) in [7, 11) is -2.82. The molecule has 13 nitrogen and oxygen atoms in total. The van der Waals surface area contributed by atoms with E-state index in [9.17, 15) is 21.6 Å². The van der Waals surface area contributed by atoms with E-state index >= 15 is 0 Å². The highest BCUT2D eigenvalue weighted by molar-refractivity contribution is 7.93. The van der Waals surface area contributed by atoms with E-state index in [0.29, 0.717) is 0 Å². The zero-order chi connectivity index (χ0) is 29.9. The highest BCUT2D eigenvalue weighted by Crippen LogP contribution is 2.41. The van der Waals surface area contributed by atoms with Crippen LogP contribution in [0.3, 0.4) is 0 Å². The Labute approximate surface area is 238 Å². The summed E-state index contributed by atoms with van der Waals surface area (Å²) >= 11 is 5.89. The van der Waals surface area contributed by atoms with Crippen LogP contribution in [0.25, 0.3) is 11.5 Å². The summed E-state index contributed by atoms with van der Waals surface area (Å²) in [5.74, 6) is -0.381. The number of alkyl halides is 3. The van der Waals surface area contributed by atoms with E-state index in [1.54, 1.807) is 13.8 Å². The molecule has 0 amide bonds. The summed E-state index contributed by atoms with van der Waals surface area (Å²) in [6.07, 6.45) is -2.16. The average molecular weight is 622 g/mol. The van der Waals surface area contributed by atoms with Gasteiger partial charge in [-0.2, -0.15) is 13.2 Å². The molecule has 4 heterocycles. The molecule has 3 aromatic heterocycles. The first-order chi connectivity index (χ1) is 19.3. The number of fused-ring (bicyclic) bond motifs is 3. The third-order valence-corrected chi connectivity index (χ3v) is 7.66. The van der Waals surface area contributed by atoms with Gasteiger partial charge < -0.3 is 18.9 Å². The zero-order valence-corrected chi connectivity index (χ0v) is 23.9. The first-order valence-electron chi connectivity index (χ1n) is 12.2. The molecule has 3 atom stereocenters. The van der Waals surface area contributed by atoms with Gasteiger partial charge in [-0.05, 0) is 20.8 Å². The Kier molecular flexibility index (Phi) is 9.20. The van der Waals surface area contributed by atoms with Gasteiger partial charge in [0, 0.05) is 31.8 Å². The number of nitrogens with one attached hydrogen (secondary N) is 1. The van der Waals surface area contributed by atoms with Crippen LogP contribution in [-0.4, -0.2) is 82.6 Å². The van der Waals surface area contributed by atoms with Crippen molar-refractivity contribution >= 4 is 27.6 Å². The van der Waals surface area contributed by atoms with Gasteiger partial charge >= 0.3 is 6.18 Å². The number of rotatable bonds is 11. The summed E-state index contributed by atoms with van der Waals surface area (Å²) in [6, 6.07) is 0.519. The molecule has 1 N–H and O–H groups in total. The summed E-state index contributed by atoms with van der Waals surface area (Å²) in [5, 5.41) is 7.14. The van der Waals surface area contributed by atoms with Crippen LogP contribution < -0.4 is 14.2 Å². The van der Waals surface area contributed by atoms with E-state index in [4.69, 9.17) is 30.5 Å². The van der Waals surface area contributed by atoms with Gasteiger partial charge in [-0.1, -0.05) is 11.6 Å². The third kappa shape index (κ3) is 7.14. The quantitative estimate of drug-likeness (QED) is 0.334. The lowest BCUT2D eigenvalue weighted by atomic mass is 10.2. The summed E-state index contributed by atoms with van der Waals surface area (Å²) in [5.41, 5.74) is 0.00450. The number of anilines is 1. The van der Waals surface area contributed by atoms with Crippen LogP contribution in [0.5, 0.6) is 11.5 Å². The fourth-order valence-corrected chi connectivity index (χ4v) is 5.16. The van der Waals surface area contributed by atoms with Crippen molar-refractivity contribution in [2.75, 3.05) is 31.7 Å². The monoisotopic (exact) mass is 621 g/mol. The molecule has 0 aromatic carbocycles. The molecular weight excluding hydrogens is 595 g/mol. The minimum atomic E-state index is -4.59. The van der Waals surface area contributed by atoms with Crippen LogP contribution >= 0.6 is 11.6 Å². The zero-order valence-electron chi connectivity index (χ0n) is 22.3. The van der Waals surface area contributed by atoms with Crippen molar-refractivity contribution in [3.63, 3.8) is 0 Å². The van der Waals surface area contributed by atoms with Crippen molar-refractivity contribution in [3.8, 4) is 23.0 Å². The first-order valence-corrected chi connectivity index (χ1v) is 14.1. The Morgan fingerprint density at radius 3 is 2.54 bits per heavy atom. The molecule has 1 aliphatic heterocycles. The van der Waals surface area contributed by atoms with Gasteiger partial charge in [0.25, 0.3) is 0 Å². The van der Waals surface area contributed by atoms with Crippen molar-refractivity contribution in [2.45, 2.75) is 50.4 Å². The molecule has 1 aliphatic rings. The maximum Gasteiger partial charge on any atom is 0.422 e. The Balaban J connectivity index is 1.71. The summed E-state index contributed by atoms with van der Waals surface area (Å²) in [4.78, 5) is 12.5. The number of hydrogen-bond donors (Lipinski definition) is 1. The second-order valence-corrected chi connectivity index (χ2v) is 11.7. The number of sulfonamides is 1. The smallest absolute Gasteiger partial charge is 0.422 e. The van der Waals surface area contributed by atoms with Crippen LogP contribution in [-0.2, 0) is 19.5 Å². The van der Waals surface area contributed by atoms with Crippen LogP contribution in [0.1, 0.15) is 38.7 Å². The van der Waals surface area contributed by atoms with Crippen LogP contribution in [0.2, 0.25) is 5.02 Å². The van der Waals surface area contributed by atoms with E-state index in [-0.39, 0.29) is 59.1 Å². The molecule has 0 bridgehead atoms. The number of halogens is 4. The second-order valence-electron chi connectivity index (χ2n) is 9.25. The molecule has 0 spiro atoms. The second kappa shape index (κ2) is 12.3. The van der Waals surface area contributed by atoms with Gasteiger partial charge in [0.1, 0.15) is 18.0 Å². The Morgan fingerprint density at radius 1 is 1.20 bits per heavy atom. The first kappa shape index (κ1) is 30.7. The number of nitrogens with zero attached hydrogens (tertiary/aromatic N) is 6. The van der Waals surface area contributed by atoms with Crippen molar-refractivity contribution in [3.05, 3.63) is 35.5 Å². The van der Waals surface area contributed by atoms with Crippen LogP contribution in [0.4, 0.5) is 19.1 Å². The molecular formula is C23H27ClF3N7O6S. The standard InChI is InChI=1S/C23H27ClF3N7O6S/c1-12(2)40-18(20-29-7-14(24)8-30-20)13(3)41(35,36)33-22-32-31-21-17-19(38-10-15(9-37-4)34(21)22)16(5-6-28-17)39-11-23(25,26)27/h5-8,12-13,15,18H,9-11H2,1-4H3,(H,32,33)/t13-,15-,18+/m0/s1. The molecule has 0 saturated carbocycles. The molecule has 18 heteroatoms. The largest absolute Gasteiger partial charge is 0.485 e. The predicted octanol–water partition coefficient (Wildman–Crippen LogP) is 3.60. The third-order valence-electron chi connectivity index (χ3n) is 5.77. The maximum absolute atomic E-state index is 13.6. The van der Waals surface area contributed by atoms with Crippen LogP contribution in [0, 0.1) is 0 Å². The predicted molar refractivity (Wildman–Crippen MR) is 139 cm³/mol. The normalized spacial score (nSPS) is 16.8. The lowest BCUT2D eigenvalue weighted by molar-refractivity contribution is -0.153. The fraction of sp³-hybridized carbons (Fsp3) is 0.522. The van der Waals surface area contributed by atoms with E-state index in [1.807, 2.05) is 0 Å². The molecule has 41 heavy (non-hydrogen) atoms. The minimum Gasteiger partial charge on any atom is -0.485 e. The van der Waals surface area contributed by atoms with Gasteiger partial charge in [0.05, 0.1) is 23.8 Å². The molecule has 224 valence electrons. The van der Waals surface area contributed by atoms with Crippen molar-refractivity contribution in [2.24, 2.45) is 0 Å². The lowest BCUT2D eigenvalue weighted by Gasteiger charge is -2.26. The van der Waals surface area contributed by atoms with Gasteiger partial charge in [-0.25, -0.2) is 23.4 Å². The van der Waals surface area contributed by atoms with E-state index < -0.39 is 40.2 Å². The number of aromatic nitrogens is 6. The summed E-state index contributed by atoms with van der Waals surface area (Å²) in [6.45, 7) is 3.20. The van der Waals surface area contributed by atoms with Crippen molar-refractivity contribution in [1.82, 2.24) is 29.7 Å². The topological polar surface area (TPSA) is 152 Å². The fourth-order valence-electron chi connectivity index (χ4n) is 3.97. The number of ether oxygens (including phenoxy) is 4. The Bertz CT molecular complexity index is 1460. The maximum atomic E-state index is 13.6. The van der Waals surface area contributed by atoms with E-state index in [2.05, 4.69) is 29.9 Å². The highest BCUT2D eigenvalue weighted by Gasteiger charge is 2.38. The molecule has 0 saturated heterocycles. The average Bonchev–Trinajstić information content (AvgIpc) is 3.23. The molecule has 0 radical (unpaired) electrons. The van der Waals surface area contributed by atoms with E-state index in [1.165, 1.54) is 43.3 Å². The van der Waals surface area contributed by atoms with Crippen LogP contribution in [0.15, 0.2) is 24.7 Å². The van der Waals surface area contributed by atoms with Gasteiger partial charge in [0.15, 0.2) is 35.4 Å². The highest BCUT2D eigenvalue weighted by atomic mass is 35.5. The van der Waals surface area contributed by atoms with Crippen molar-refractivity contribution in [1.29, 1.82) is 0 Å². The molecule has 0 fully saturated rings. The van der Waals surface area contributed by atoms with E-state index in [0.717, 1.165) is 0 Å². The SMILES string of the molecule is COC[C@H]1COc2c(OCC(F)(F)F)ccnc2-c2nnc(NS(=O)(=O)[C@@H](C)[C@@H](OC(C)C)c3ncc(Cl)cn3)n21. The van der Waals surface area contributed by atoms with Crippen molar-refractivity contribution < 1.29 is 40.5 Å². The molecule has 0 aliphatic carbocycles. The Morgan fingerprint density at radius 2 is 1.90 bits per heavy atom.